The molecule has 0 aromatic rings. The van der Waals surface area contributed by atoms with Gasteiger partial charge in [-0.2, -0.15) is 0 Å². The normalized spacial score (nSPS) is 19.9. The van der Waals surface area contributed by atoms with Crippen molar-refractivity contribution in [3.05, 3.63) is 0 Å². The Bertz CT molecular complexity index is 287. The first-order chi connectivity index (χ1) is 7.98. The molecule has 0 amide bonds. The average Bonchev–Trinajstić information content (AvgIpc) is 2.30. The zero-order valence-electron chi connectivity index (χ0n) is 10.7. The number of carbonyl (C=O) groups excluding carboxylic acids is 1. The van der Waals surface area contributed by atoms with Gasteiger partial charge in [-0.1, -0.05) is 0 Å². The van der Waals surface area contributed by atoms with Crippen molar-refractivity contribution in [2.75, 3.05) is 19.8 Å². The second kappa shape index (κ2) is 6.47. The van der Waals surface area contributed by atoms with Crippen LogP contribution in [0.25, 0.3) is 0 Å². The lowest BCUT2D eigenvalue weighted by molar-refractivity contribution is -0.145. The Kier molecular flexibility index (Phi) is 5.55. The fourth-order valence-electron chi connectivity index (χ4n) is 1.49. The molecule has 100 valence electrons. The molecule has 0 spiro atoms. The highest BCUT2D eigenvalue weighted by molar-refractivity contribution is 7.85. The highest BCUT2D eigenvalue weighted by atomic mass is 32.2. The zero-order valence-corrected chi connectivity index (χ0v) is 11.5. The molecule has 1 heterocycles. The minimum atomic E-state index is -1.44. The van der Waals surface area contributed by atoms with E-state index in [1.54, 1.807) is 20.8 Å². The molecule has 1 aliphatic heterocycles. The molecule has 0 bridgehead atoms. The second-order valence-corrected chi connectivity index (χ2v) is 6.30. The van der Waals surface area contributed by atoms with E-state index in [1.165, 1.54) is 0 Å². The number of rotatable bonds is 5. The summed E-state index contributed by atoms with van der Waals surface area (Å²) in [7, 11) is -1.44. The monoisotopic (exact) mass is 263 g/mol. The lowest BCUT2D eigenvalue weighted by atomic mass is 10.1. The van der Waals surface area contributed by atoms with Crippen molar-refractivity contribution in [2.24, 2.45) is 0 Å². The SMILES string of the molecule is CCOC(=O)C(C)(C)S(=O)NC1CCOCC1. The van der Waals surface area contributed by atoms with Crippen LogP contribution in [0.3, 0.4) is 0 Å². The summed E-state index contributed by atoms with van der Waals surface area (Å²) < 4.78 is 24.2. The van der Waals surface area contributed by atoms with Crippen LogP contribution in [0.2, 0.25) is 0 Å². The Hall–Kier alpha value is -0.460. The van der Waals surface area contributed by atoms with Gasteiger partial charge in [-0.25, -0.2) is 8.93 Å². The van der Waals surface area contributed by atoms with Gasteiger partial charge in [0, 0.05) is 19.3 Å². The molecule has 0 radical (unpaired) electrons. The molecule has 0 aliphatic carbocycles. The molecule has 1 aliphatic rings. The summed E-state index contributed by atoms with van der Waals surface area (Å²) in [6.07, 6.45) is 1.65. The van der Waals surface area contributed by atoms with E-state index in [4.69, 9.17) is 9.47 Å². The lowest BCUT2D eigenvalue weighted by Gasteiger charge is -2.27. The zero-order chi connectivity index (χ0) is 12.9. The number of nitrogens with one attached hydrogen (secondary N) is 1. The van der Waals surface area contributed by atoms with Gasteiger partial charge in [0.25, 0.3) is 0 Å². The minimum Gasteiger partial charge on any atom is -0.465 e. The van der Waals surface area contributed by atoms with Crippen molar-refractivity contribution >= 4 is 17.0 Å². The Labute approximate surface area is 105 Å². The number of hydrogen-bond donors (Lipinski definition) is 1. The largest absolute Gasteiger partial charge is 0.465 e. The molecule has 1 rings (SSSR count). The predicted molar refractivity (Wildman–Crippen MR) is 65.8 cm³/mol. The van der Waals surface area contributed by atoms with Crippen molar-refractivity contribution in [3.8, 4) is 0 Å². The molecular formula is C11H21NO4S. The van der Waals surface area contributed by atoms with Crippen molar-refractivity contribution in [2.45, 2.75) is 44.4 Å². The molecule has 0 aromatic heterocycles. The van der Waals surface area contributed by atoms with Crippen LogP contribution in [0, 0.1) is 0 Å². The van der Waals surface area contributed by atoms with Gasteiger partial charge in [0.1, 0.15) is 11.0 Å². The van der Waals surface area contributed by atoms with Crippen LogP contribution < -0.4 is 4.72 Å². The van der Waals surface area contributed by atoms with E-state index in [-0.39, 0.29) is 6.04 Å². The maximum Gasteiger partial charge on any atom is 0.325 e. The van der Waals surface area contributed by atoms with Gasteiger partial charge >= 0.3 is 5.97 Å². The molecule has 0 aromatic carbocycles. The van der Waals surface area contributed by atoms with Gasteiger partial charge in [0.05, 0.1) is 6.61 Å². The van der Waals surface area contributed by atoms with Crippen LogP contribution >= 0.6 is 0 Å². The average molecular weight is 263 g/mol. The molecule has 6 heteroatoms. The third-order valence-corrected chi connectivity index (χ3v) is 4.37. The van der Waals surface area contributed by atoms with Crippen molar-refractivity contribution in [1.82, 2.24) is 4.72 Å². The standard InChI is InChI=1S/C11H21NO4S/c1-4-16-10(13)11(2,3)17(14)12-9-5-7-15-8-6-9/h9,12H,4-8H2,1-3H3. The molecule has 0 saturated carbocycles. The van der Waals surface area contributed by atoms with Crippen LogP contribution in [0.4, 0.5) is 0 Å². The van der Waals surface area contributed by atoms with E-state index in [0.29, 0.717) is 19.8 Å². The van der Waals surface area contributed by atoms with Crippen molar-refractivity contribution in [1.29, 1.82) is 0 Å². The first-order valence-electron chi connectivity index (χ1n) is 5.91. The number of esters is 1. The molecule has 17 heavy (non-hydrogen) atoms. The highest BCUT2D eigenvalue weighted by Gasteiger charge is 2.37. The van der Waals surface area contributed by atoms with Crippen molar-refractivity contribution in [3.63, 3.8) is 0 Å². The Morgan fingerprint density at radius 3 is 2.59 bits per heavy atom. The number of ether oxygens (including phenoxy) is 2. The lowest BCUT2D eigenvalue weighted by Crippen LogP contribution is -2.48. The summed E-state index contributed by atoms with van der Waals surface area (Å²) in [6, 6.07) is 0.151. The third kappa shape index (κ3) is 4.04. The van der Waals surface area contributed by atoms with Gasteiger partial charge in [-0.15, -0.1) is 0 Å². The molecule has 1 atom stereocenters. The van der Waals surface area contributed by atoms with Crippen LogP contribution in [-0.2, 0) is 25.3 Å². The number of hydrogen-bond acceptors (Lipinski definition) is 4. The van der Waals surface area contributed by atoms with Gasteiger partial charge < -0.3 is 9.47 Å². The summed E-state index contributed by atoms with van der Waals surface area (Å²) >= 11 is 0. The molecule has 1 unspecified atom stereocenters. The van der Waals surface area contributed by atoms with Gasteiger partial charge in [-0.05, 0) is 33.6 Å². The first kappa shape index (κ1) is 14.6. The second-order valence-electron chi connectivity index (χ2n) is 4.50. The quantitative estimate of drug-likeness (QED) is 0.744. The maximum absolute atomic E-state index is 12.1. The summed E-state index contributed by atoms with van der Waals surface area (Å²) in [4.78, 5) is 11.7. The van der Waals surface area contributed by atoms with E-state index < -0.39 is 21.7 Å². The van der Waals surface area contributed by atoms with E-state index >= 15 is 0 Å². The topological polar surface area (TPSA) is 64.6 Å². The minimum absolute atomic E-state index is 0.151. The maximum atomic E-state index is 12.1. The molecule has 1 saturated heterocycles. The summed E-state index contributed by atoms with van der Waals surface area (Å²) in [5.74, 6) is -0.433. The smallest absolute Gasteiger partial charge is 0.325 e. The van der Waals surface area contributed by atoms with E-state index in [9.17, 15) is 9.00 Å². The number of carbonyl (C=O) groups is 1. The van der Waals surface area contributed by atoms with Gasteiger partial charge in [0.2, 0.25) is 0 Å². The molecule has 1 N–H and O–H groups in total. The summed E-state index contributed by atoms with van der Waals surface area (Å²) in [5.41, 5.74) is 0. The van der Waals surface area contributed by atoms with Crippen LogP contribution in [0.1, 0.15) is 33.6 Å². The predicted octanol–water partition coefficient (Wildman–Crippen LogP) is 0.760. The molecule has 5 nitrogen and oxygen atoms in total. The van der Waals surface area contributed by atoms with E-state index in [0.717, 1.165) is 12.8 Å². The van der Waals surface area contributed by atoms with Crippen LogP contribution in [0.15, 0.2) is 0 Å². The van der Waals surface area contributed by atoms with Gasteiger partial charge in [0.15, 0.2) is 4.75 Å². The molecular weight excluding hydrogens is 242 g/mol. The highest BCUT2D eigenvalue weighted by Crippen LogP contribution is 2.16. The fourth-order valence-corrected chi connectivity index (χ4v) is 2.54. The van der Waals surface area contributed by atoms with E-state index in [2.05, 4.69) is 4.72 Å². The fraction of sp³-hybridized carbons (Fsp3) is 0.909. The Balaban J connectivity index is 2.52. The summed E-state index contributed by atoms with van der Waals surface area (Å²) in [6.45, 7) is 6.66. The Morgan fingerprint density at radius 1 is 1.47 bits per heavy atom. The summed E-state index contributed by atoms with van der Waals surface area (Å²) in [5, 5.41) is 0. The van der Waals surface area contributed by atoms with Crippen molar-refractivity contribution < 1.29 is 18.5 Å². The van der Waals surface area contributed by atoms with E-state index in [1.807, 2.05) is 0 Å². The van der Waals surface area contributed by atoms with Crippen LogP contribution in [0.5, 0.6) is 0 Å². The molecule has 1 fully saturated rings. The van der Waals surface area contributed by atoms with Crippen LogP contribution in [-0.4, -0.2) is 40.8 Å². The first-order valence-corrected chi connectivity index (χ1v) is 7.06. The Morgan fingerprint density at radius 2 is 2.06 bits per heavy atom. The van der Waals surface area contributed by atoms with Gasteiger partial charge in [-0.3, -0.25) is 4.79 Å². The third-order valence-electron chi connectivity index (χ3n) is 2.73.